The maximum Gasteiger partial charge on any atom is 0.108 e. The zero-order chi connectivity index (χ0) is 12.1. The van der Waals surface area contributed by atoms with Crippen LogP contribution >= 0.6 is 0 Å². The van der Waals surface area contributed by atoms with E-state index in [4.69, 9.17) is 10.8 Å². The first-order valence-electron chi connectivity index (χ1n) is 6.91. The molecule has 0 amide bonds. The van der Waals surface area contributed by atoms with Gasteiger partial charge in [0.1, 0.15) is 5.76 Å². The molecule has 0 atom stereocenters. The van der Waals surface area contributed by atoms with Crippen molar-refractivity contribution < 1.29 is 5.11 Å². The van der Waals surface area contributed by atoms with E-state index in [1.807, 2.05) is 0 Å². The second kappa shape index (κ2) is 12.4. The van der Waals surface area contributed by atoms with Gasteiger partial charge in [-0.2, -0.15) is 0 Å². The molecule has 96 valence electrons. The summed E-state index contributed by atoms with van der Waals surface area (Å²) >= 11 is 0. The highest BCUT2D eigenvalue weighted by molar-refractivity contribution is 4.85. The summed E-state index contributed by atoms with van der Waals surface area (Å²) in [7, 11) is 0. The lowest BCUT2D eigenvalue weighted by atomic mass is 10.1. The molecule has 0 aromatic carbocycles. The molecule has 2 heteroatoms. The first kappa shape index (κ1) is 15.3. The fraction of sp³-hybridized carbons (Fsp3) is 0.857. The quantitative estimate of drug-likeness (QED) is 0.398. The van der Waals surface area contributed by atoms with Crippen molar-refractivity contribution in [1.82, 2.24) is 0 Å². The molecule has 0 saturated heterocycles. The average Bonchev–Trinajstić information content (AvgIpc) is 2.31. The van der Waals surface area contributed by atoms with Gasteiger partial charge < -0.3 is 10.8 Å². The van der Waals surface area contributed by atoms with Gasteiger partial charge in [0.25, 0.3) is 0 Å². The number of nitrogens with two attached hydrogens (primary N) is 1. The number of unbranched alkanes of at least 4 members (excludes halogenated alkanes) is 9. The second-order valence-electron chi connectivity index (χ2n) is 4.59. The van der Waals surface area contributed by atoms with Gasteiger partial charge in [0.15, 0.2) is 0 Å². The van der Waals surface area contributed by atoms with Gasteiger partial charge in [-0.05, 0) is 6.42 Å². The van der Waals surface area contributed by atoms with Crippen LogP contribution in [0, 0.1) is 0 Å². The summed E-state index contributed by atoms with van der Waals surface area (Å²) in [5.74, 6) is 0.333. The number of allylic oxidation sites excluding steroid dienone is 1. The SMILES string of the molecule is CCCCCCCCCCCCC(O)=CN. The smallest absolute Gasteiger partial charge is 0.108 e. The van der Waals surface area contributed by atoms with Crippen LogP contribution in [0.1, 0.15) is 77.6 Å². The first-order valence-corrected chi connectivity index (χ1v) is 6.91. The first-order chi connectivity index (χ1) is 7.81. The lowest BCUT2D eigenvalue weighted by Crippen LogP contribution is -1.88. The van der Waals surface area contributed by atoms with Crippen LogP contribution < -0.4 is 5.73 Å². The van der Waals surface area contributed by atoms with Crippen molar-refractivity contribution in [1.29, 1.82) is 0 Å². The monoisotopic (exact) mass is 227 g/mol. The van der Waals surface area contributed by atoms with Crippen molar-refractivity contribution in [3.63, 3.8) is 0 Å². The van der Waals surface area contributed by atoms with E-state index in [9.17, 15) is 0 Å². The highest BCUT2D eigenvalue weighted by Crippen LogP contribution is 2.12. The van der Waals surface area contributed by atoms with E-state index in [-0.39, 0.29) is 0 Å². The van der Waals surface area contributed by atoms with Crippen molar-refractivity contribution in [3.05, 3.63) is 12.0 Å². The van der Waals surface area contributed by atoms with E-state index >= 15 is 0 Å². The van der Waals surface area contributed by atoms with Gasteiger partial charge >= 0.3 is 0 Å². The molecule has 0 aliphatic carbocycles. The van der Waals surface area contributed by atoms with Crippen molar-refractivity contribution >= 4 is 0 Å². The lowest BCUT2D eigenvalue weighted by Gasteiger charge is -2.02. The largest absolute Gasteiger partial charge is 0.511 e. The molecule has 16 heavy (non-hydrogen) atoms. The Bertz CT molecular complexity index is 166. The average molecular weight is 227 g/mol. The molecule has 0 aliphatic rings. The molecule has 0 rings (SSSR count). The molecular weight excluding hydrogens is 198 g/mol. The summed E-state index contributed by atoms with van der Waals surface area (Å²) in [5.41, 5.74) is 5.18. The molecule has 2 nitrogen and oxygen atoms in total. The molecule has 0 saturated carbocycles. The Morgan fingerprint density at radius 2 is 1.31 bits per heavy atom. The highest BCUT2D eigenvalue weighted by Gasteiger charge is 1.94. The maximum atomic E-state index is 9.12. The molecule has 3 N–H and O–H groups in total. The van der Waals surface area contributed by atoms with E-state index in [1.54, 1.807) is 0 Å². The van der Waals surface area contributed by atoms with Crippen LogP contribution in [-0.4, -0.2) is 5.11 Å². The van der Waals surface area contributed by atoms with Gasteiger partial charge in [-0.3, -0.25) is 0 Å². The van der Waals surface area contributed by atoms with Gasteiger partial charge in [0.2, 0.25) is 0 Å². The van der Waals surface area contributed by atoms with E-state index in [1.165, 1.54) is 64.0 Å². The number of aliphatic hydroxyl groups is 1. The molecule has 0 radical (unpaired) electrons. The third-order valence-corrected chi connectivity index (χ3v) is 2.98. The van der Waals surface area contributed by atoms with Crippen LogP contribution in [0.15, 0.2) is 12.0 Å². The Labute approximate surface area is 101 Å². The molecule has 0 spiro atoms. The molecule has 0 fully saturated rings. The van der Waals surface area contributed by atoms with Crippen LogP contribution in [-0.2, 0) is 0 Å². The minimum absolute atomic E-state index is 0.333. The van der Waals surface area contributed by atoms with Crippen LogP contribution in [0.3, 0.4) is 0 Å². The van der Waals surface area contributed by atoms with Crippen molar-refractivity contribution in [2.75, 3.05) is 0 Å². The zero-order valence-electron chi connectivity index (χ0n) is 10.9. The number of rotatable bonds is 11. The molecule has 0 aromatic rings. The second-order valence-corrected chi connectivity index (χ2v) is 4.59. The standard InChI is InChI=1S/C14H29NO/c1-2-3-4-5-6-7-8-9-10-11-12-14(16)13-15/h13,16H,2-12,15H2,1H3. The third kappa shape index (κ3) is 11.4. The molecule has 0 bridgehead atoms. The van der Waals surface area contributed by atoms with Crippen molar-refractivity contribution in [2.24, 2.45) is 5.73 Å². The predicted molar refractivity (Wildman–Crippen MR) is 71.4 cm³/mol. The van der Waals surface area contributed by atoms with Crippen LogP contribution in [0.4, 0.5) is 0 Å². The number of aliphatic hydroxyl groups excluding tert-OH is 1. The molecule has 0 aromatic heterocycles. The van der Waals surface area contributed by atoms with Crippen molar-refractivity contribution in [3.8, 4) is 0 Å². The normalized spacial score (nSPS) is 11.9. The Morgan fingerprint density at radius 3 is 1.75 bits per heavy atom. The van der Waals surface area contributed by atoms with Gasteiger partial charge in [-0.25, -0.2) is 0 Å². The minimum atomic E-state index is 0.333. The van der Waals surface area contributed by atoms with Gasteiger partial charge in [0.05, 0.1) is 0 Å². The summed E-state index contributed by atoms with van der Waals surface area (Å²) in [4.78, 5) is 0. The fourth-order valence-electron chi connectivity index (χ4n) is 1.88. The number of hydrogen-bond donors (Lipinski definition) is 2. The summed E-state index contributed by atoms with van der Waals surface area (Å²) in [6, 6.07) is 0. The Balaban J connectivity index is 2.99. The van der Waals surface area contributed by atoms with Crippen molar-refractivity contribution in [2.45, 2.75) is 77.6 Å². The topological polar surface area (TPSA) is 46.2 Å². The fourth-order valence-corrected chi connectivity index (χ4v) is 1.88. The lowest BCUT2D eigenvalue weighted by molar-refractivity contribution is 0.378. The molecule has 0 heterocycles. The molecule has 0 aliphatic heterocycles. The van der Waals surface area contributed by atoms with Gasteiger partial charge in [0, 0.05) is 12.6 Å². The third-order valence-electron chi connectivity index (χ3n) is 2.98. The van der Waals surface area contributed by atoms with Gasteiger partial charge in [-0.1, -0.05) is 64.7 Å². The number of hydrogen-bond acceptors (Lipinski definition) is 2. The van der Waals surface area contributed by atoms with E-state index in [2.05, 4.69) is 6.92 Å². The molecule has 0 unspecified atom stereocenters. The Kier molecular flexibility index (Phi) is 11.9. The van der Waals surface area contributed by atoms with E-state index in [0.29, 0.717) is 5.76 Å². The predicted octanol–water partition coefficient (Wildman–Crippen LogP) is 4.66. The van der Waals surface area contributed by atoms with Crippen LogP contribution in [0.25, 0.3) is 0 Å². The summed E-state index contributed by atoms with van der Waals surface area (Å²) in [6.07, 6.45) is 15.3. The van der Waals surface area contributed by atoms with Gasteiger partial charge in [-0.15, -0.1) is 0 Å². The Morgan fingerprint density at radius 1 is 0.875 bits per heavy atom. The summed E-state index contributed by atoms with van der Waals surface area (Å²) in [6.45, 7) is 2.26. The van der Waals surface area contributed by atoms with E-state index < -0.39 is 0 Å². The zero-order valence-corrected chi connectivity index (χ0v) is 10.9. The Hall–Kier alpha value is -0.660. The summed E-state index contributed by atoms with van der Waals surface area (Å²) in [5, 5.41) is 9.12. The highest BCUT2D eigenvalue weighted by atomic mass is 16.3. The molecular formula is C14H29NO. The van der Waals surface area contributed by atoms with E-state index in [0.717, 1.165) is 12.8 Å². The van der Waals surface area contributed by atoms with Crippen LogP contribution in [0.5, 0.6) is 0 Å². The summed E-state index contributed by atoms with van der Waals surface area (Å²) < 4.78 is 0. The van der Waals surface area contributed by atoms with Crippen LogP contribution in [0.2, 0.25) is 0 Å². The minimum Gasteiger partial charge on any atom is -0.511 e. The maximum absolute atomic E-state index is 9.12.